The Bertz CT molecular complexity index is 682. The van der Waals surface area contributed by atoms with E-state index in [9.17, 15) is 18.0 Å². The number of hydrogen-bond donors (Lipinski definition) is 1. The Morgan fingerprint density at radius 2 is 2.00 bits per heavy atom. The fraction of sp³-hybridized carbons (Fsp3) is 0.154. The van der Waals surface area contributed by atoms with E-state index >= 15 is 0 Å². The standard InChI is InChI=1S/C13H9BrF3N3OS/c14-8-3-1-2-4-9(8)19-11(21)7-22-12-18-6-5-10(20-12)13(15,16)17/h1-6H,7H2,(H,19,21). The van der Waals surface area contributed by atoms with E-state index in [1.165, 1.54) is 0 Å². The van der Waals surface area contributed by atoms with Gasteiger partial charge in [0.15, 0.2) is 5.16 Å². The van der Waals surface area contributed by atoms with Gasteiger partial charge in [-0.15, -0.1) is 0 Å². The number of amides is 1. The van der Waals surface area contributed by atoms with Crippen LogP contribution in [0.2, 0.25) is 0 Å². The van der Waals surface area contributed by atoms with Crippen LogP contribution < -0.4 is 5.32 Å². The Kier molecular flexibility index (Phi) is 5.41. The minimum atomic E-state index is -4.53. The topological polar surface area (TPSA) is 54.9 Å². The molecular weight excluding hydrogens is 383 g/mol. The zero-order valence-electron chi connectivity index (χ0n) is 10.9. The first kappa shape index (κ1) is 16.8. The van der Waals surface area contributed by atoms with Gasteiger partial charge in [-0.25, -0.2) is 9.97 Å². The summed E-state index contributed by atoms with van der Waals surface area (Å²) in [4.78, 5) is 18.9. The van der Waals surface area contributed by atoms with Gasteiger partial charge in [0.25, 0.3) is 0 Å². The Balaban J connectivity index is 1.96. The van der Waals surface area contributed by atoms with Crippen LogP contribution in [-0.4, -0.2) is 21.6 Å². The van der Waals surface area contributed by atoms with Crippen molar-refractivity contribution in [2.24, 2.45) is 0 Å². The molecule has 0 aliphatic rings. The quantitative estimate of drug-likeness (QED) is 0.632. The first-order valence-corrected chi connectivity index (χ1v) is 7.71. The number of carbonyl (C=O) groups excluding carboxylic acids is 1. The number of nitrogens with one attached hydrogen (secondary N) is 1. The van der Waals surface area contributed by atoms with E-state index in [1.54, 1.807) is 24.3 Å². The lowest BCUT2D eigenvalue weighted by Gasteiger charge is -2.08. The molecule has 0 spiro atoms. The summed E-state index contributed by atoms with van der Waals surface area (Å²) in [6.07, 6.45) is -3.51. The highest BCUT2D eigenvalue weighted by Crippen LogP contribution is 2.28. The molecular formula is C13H9BrF3N3OS. The molecule has 9 heteroatoms. The Labute approximate surface area is 136 Å². The maximum absolute atomic E-state index is 12.5. The Morgan fingerprint density at radius 3 is 2.68 bits per heavy atom. The van der Waals surface area contributed by atoms with Gasteiger partial charge in [0.1, 0.15) is 5.69 Å². The zero-order chi connectivity index (χ0) is 16.2. The monoisotopic (exact) mass is 391 g/mol. The lowest BCUT2D eigenvalue weighted by Crippen LogP contribution is -2.15. The fourth-order valence-electron chi connectivity index (χ4n) is 1.45. The highest BCUT2D eigenvalue weighted by atomic mass is 79.9. The van der Waals surface area contributed by atoms with Crippen LogP contribution in [0.1, 0.15) is 5.69 Å². The molecule has 1 amide bonds. The molecule has 2 aromatic rings. The molecule has 1 aromatic heterocycles. The lowest BCUT2D eigenvalue weighted by atomic mass is 10.3. The molecule has 2 rings (SSSR count). The lowest BCUT2D eigenvalue weighted by molar-refractivity contribution is -0.141. The molecule has 0 bridgehead atoms. The largest absolute Gasteiger partial charge is 0.433 e. The van der Waals surface area contributed by atoms with Crippen LogP contribution >= 0.6 is 27.7 Å². The maximum atomic E-state index is 12.5. The van der Waals surface area contributed by atoms with Crippen LogP contribution in [0, 0.1) is 0 Å². The number of halogens is 4. The van der Waals surface area contributed by atoms with Crippen molar-refractivity contribution in [1.29, 1.82) is 0 Å². The molecule has 0 atom stereocenters. The van der Waals surface area contributed by atoms with Crippen molar-refractivity contribution in [2.75, 3.05) is 11.1 Å². The van der Waals surface area contributed by atoms with Gasteiger partial charge in [0.05, 0.1) is 11.4 Å². The fourth-order valence-corrected chi connectivity index (χ4v) is 2.46. The van der Waals surface area contributed by atoms with Gasteiger partial charge in [0, 0.05) is 10.7 Å². The van der Waals surface area contributed by atoms with Gasteiger partial charge in [-0.05, 0) is 34.1 Å². The van der Waals surface area contributed by atoms with Crippen LogP contribution in [0.5, 0.6) is 0 Å². The van der Waals surface area contributed by atoms with Gasteiger partial charge in [-0.1, -0.05) is 23.9 Å². The van der Waals surface area contributed by atoms with Crippen molar-refractivity contribution in [3.8, 4) is 0 Å². The third-order valence-electron chi connectivity index (χ3n) is 2.40. The molecule has 0 saturated carbocycles. The van der Waals surface area contributed by atoms with E-state index in [0.717, 1.165) is 24.0 Å². The van der Waals surface area contributed by atoms with Crippen molar-refractivity contribution in [3.63, 3.8) is 0 Å². The SMILES string of the molecule is O=C(CSc1nccc(C(F)(F)F)n1)Nc1ccccc1Br. The van der Waals surface area contributed by atoms with Gasteiger partial charge in [0.2, 0.25) is 5.91 Å². The van der Waals surface area contributed by atoms with E-state index in [0.29, 0.717) is 10.2 Å². The van der Waals surface area contributed by atoms with Gasteiger partial charge in [-0.2, -0.15) is 13.2 Å². The predicted octanol–water partition coefficient (Wildman–Crippen LogP) is 3.99. The number of para-hydroxylation sites is 1. The van der Waals surface area contributed by atoms with Crippen molar-refractivity contribution in [2.45, 2.75) is 11.3 Å². The highest BCUT2D eigenvalue weighted by Gasteiger charge is 2.32. The normalized spacial score (nSPS) is 11.3. The number of carbonyl (C=O) groups is 1. The summed E-state index contributed by atoms with van der Waals surface area (Å²) in [5, 5.41) is 2.54. The Morgan fingerprint density at radius 1 is 1.27 bits per heavy atom. The molecule has 1 N–H and O–H groups in total. The number of alkyl halides is 3. The molecule has 0 aliphatic carbocycles. The first-order chi connectivity index (χ1) is 10.4. The summed E-state index contributed by atoms with van der Waals surface area (Å²) in [5.74, 6) is -0.458. The maximum Gasteiger partial charge on any atom is 0.433 e. The average molecular weight is 392 g/mol. The molecule has 1 heterocycles. The number of hydrogen-bond acceptors (Lipinski definition) is 4. The molecule has 0 aliphatic heterocycles. The molecule has 22 heavy (non-hydrogen) atoms. The number of nitrogens with zero attached hydrogens (tertiary/aromatic N) is 2. The Hall–Kier alpha value is -1.61. The molecule has 116 valence electrons. The molecule has 0 unspecified atom stereocenters. The number of anilines is 1. The van der Waals surface area contributed by atoms with E-state index in [1.807, 2.05) is 0 Å². The highest BCUT2D eigenvalue weighted by molar-refractivity contribution is 9.10. The zero-order valence-corrected chi connectivity index (χ0v) is 13.3. The minimum absolute atomic E-state index is 0.0946. The molecule has 0 fully saturated rings. The summed E-state index contributed by atoms with van der Waals surface area (Å²) in [6.45, 7) is 0. The van der Waals surface area contributed by atoms with E-state index in [-0.39, 0.29) is 16.8 Å². The van der Waals surface area contributed by atoms with Crippen LogP contribution in [-0.2, 0) is 11.0 Å². The summed E-state index contributed by atoms with van der Waals surface area (Å²) < 4.78 is 38.3. The third kappa shape index (κ3) is 4.70. The van der Waals surface area contributed by atoms with E-state index in [2.05, 4.69) is 31.2 Å². The first-order valence-electron chi connectivity index (χ1n) is 5.93. The second-order valence-corrected chi connectivity index (χ2v) is 5.84. The molecule has 1 aromatic carbocycles. The van der Waals surface area contributed by atoms with Gasteiger partial charge >= 0.3 is 6.18 Å². The number of aromatic nitrogens is 2. The van der Waals surface area contributed by atoms with Crippen molar-refractivity contribution in [3.05, 3.63) is 46.7 Å². The summed E-state index contributed by atoms with van der Waals surface area (Å²) in [7, 11) is 0. The smallest absolute Gasteiger partial charge is 0.324 e. The number of rotatable bonds is 4. The van der Waals surface area contributed by atoms with Crippen molar-refractivity contribution in [1.82, 2.24) is 9.97 Å². The summed E-state index contributed by atoms with van der Waals surface area (Å²) >= 11 is 4.12. The summed E-state index contributed by atoms with van der Waals surface area (Å²) in [6, 6.07) is 7.80. The van der Waals surface area contributed by atoms with Crippen LogP contribution in [0.15, 0.2) is 46.2 Å². The van der Waals surface area contributed by atoms with Crippen molar-refractivity contribution >= 4 is 39.3 Å². The predicted molar refractivity (Wildman–Crippen MR) is 80.5 cm³/mol. The van der Waals surface area contributed by atoms with E-state index in [4.69, 9.17) is 0 Å². The van der Waals surface area contributed by atoms with Gasteiger partial charge in [-0.3, -0.25) is 4.79 Å². The van der Waals surface area contributed by atoms with Crippen molar-refractivity contribution < 1.29 is 18.0 Å². The molecule has 0 saturated heterocycles. The van der Waals surface area contributed by atoms with Crippen LogP contribution in [0.25, 0.3) is 0 Å². The van der Waals surface area contributed by atoms with Crippen LogP contribution in [0.3, 0.4) is 0 Å². The molecule has 4 nitrogen and oxygen atoms in total. The average Bonchev–Trinajstić information content (AvgIpc) is 2.47. The second-order valence-electron chi connectivity index (χ2n) is 4.04. The third-order valence-corrected chi connectivity index (χ3v) is 3.96. The minimum Gasteiger partial charge on any atom is -0.324 e. The second kappa shape index (κ2) is 7.10. The van der Waals surface area contributed by atoms with Crippen LogP contribution in [0.4, 0.5) is 18.9 Å². The summed E-state index contributed by atoms with van der Waals surface area (Å²) in [5.41, 5.74) is -0.450. The molecule has 0 radical (unpaired) electrons. The van der Waals surface area contributed by atoms with Gasteiger partial charge < -0.3 is 5.32 Å². The number of thioether (sulfide) groups is 1. The van der Waals surface area contributed by atoms with E-state index < -0.39 is 11.9 Å². The number of benzene rings is 1.